The molecule has 1 N–H and O–H groups in total. The average Bonchev–Trinajstić information content (AvgIpc) is 2.60. The molecule has 146 valence electrons. The molecule has 0 spiro atoms. The molecular formula is C16H24N8O2S. The molecule has 2 saturated heterocycles. The molecule has 2 aromatic rings. The molecule has 2 fully saturated rings. The summed E-state index contributed by atoms with van der Waals surface area (Å²) < 4.78 is 26.0. The molecule has 4 rings (SSSR count). The highest BCUT2D eigenvalue weighted by atomic mass is 32.2. The van der Waals surface area contributed by atoms with Gasteiger partial charge in [0.05, 0.1) is 5.75 Å². The minimum Gasteiger partial charge on any atom is -0.367 e. The van der Waals surface area contributed by atoms with Gasteiger partial charge >= 0.3 is 0 Å². The monoisotopic (exact) mass is 392 g/mol. The number of hydrogen-bond donors (Lipinski definition) is 1. The standard InChI is InChI=1S/C16H24N8O2S/c1-22-8-10-23(11-9-22)16-20-14-13(17-3-4-18-14)15(21-16)19-5-12-27(25,26)24-6-2-7-24/h3-4H,2,5-12H2,1H3,(H,18,19,20,21). The highest BCUT2D eigenvalue weighted by Gasteiger charge is 2.27. The molecule has 0 saturated carbocycles. The zero-order valence-electron chi connectivity index (χ0n) is 15.4. The fourth-order valence-corrected chi connectivity index (χ4v) is 4.55. The van der Waals surface area contributed by atoms with E-state index in [0.29, 0.717) is 36.0 Å². The summed E-state index contributed by atoms with van der Waals surface area (Å²) in [4.78, 5) is 22.2. The Balaban J connectivity index is 1.53. The second kappa shape index (κ2) is 7.49. The number of anilines is 2. The lowest BCUT2D eigenvalue weighted by molar-refractivity contribution is 0.309. The SMILES string of the molecule is CN1CCN(c2nc(NCCS(=O)(=O)N3CCC3)c3nccnc3n2)CC1. The molecule has 0 bridgehead atoms. The number of aromatic nitrogens is 4. The van der Waals surface area contributed by atoms with Crippen LogP contribution in [0.3, 0.4) is 0 Å². The maximum Gasteiger partial charge on any atom is 0.229 e. The molecule has 0 radical (unpaired) electrons. The Morgan fingerprint density at radius 3 is 2.48 bits per heavy atom. The largest absolute Gasteiger partial charge is 0.367 e. The van der Waals surface area contributed by atoms with Crippen LogP contribution >= 0.6 is 0 Å². The second-order valence-electron chi connectivity index (χ2n) is 6.89. The van der Waals surface area contributed by atoms with Crippen LogP contribution in [0.1, 0.15) is 6.42 Å². The van der Waals surface area contributed by atoms with Gasteiger partial charge in [-0.2, -0.15) is 9.97 Å². The van der Waals surface area contributed by atoms with Crippen LogP contribution in [0.4, 0.5) is 11.8 Å². The molecule has 4 heterocycles. The number of rotatable bonds is 6. The molecule has 2 aromatic heterocycles. The lowest BCUT2D eigenvalue weighted by Crippen LogP contribution is -2.45. The lowest BCUT2D eigenvalue weighted by Gasteiger charge is -2.32. The molecule has 2 aliphatic rings. The molecule has 10 nitrogen and oxygen atoms in total. The fourth-order valence-electron chi connectivity index (χ4n) is 3.12. The minimum absolute atomic E-state index is 0.0304. The van der Waals surface area contributed by atoms with Gasteiger partial charge in [0.25, 0.3) is 0 Å². The highest BCUT2D eigenvalue weighted by molar-refractivity contribution is 7.89. The van der Waals surface area contributed by atoms with Crippen molar-refractivity contribution in [3.05, 3.63) is 12.4 Å². The van der Waals surface area contributed by atoms with Crippen molar-refractivity contribution in [2.45, 2.75) is 6.42 Å². The van der Waals surface area contributed by atoms with Crippen molar-refractivity contribution >= 4 is 33.0 Å². The van der Waals surface area contributed by atoms with Gasteiger partial charge < -0.3 is 15.1 Å². The summed E-state index contributed by atoms with van der Waals surface area (Å²) in [5.41, 5.74) is 1.06. The van der Waals surface area contributed by atoms with E-state index in [-0.39, 0.29) is 12.3 Å². The van der Waals surface area contributed by atoms with E-state index < -0.39 is 10.0 Å². The summed E-state index contributed by atoms with van der Waals surface area (Å²) in [6.07, 6.45) is 4.12. The van der Waals surface area contributed by atoms with E-state index in [0.717, 1.165) is 32.6 Å². The van der Waals surface area contributed by atoms with Crippen LogP contribution in [-0.4, -0.2) is 96.2 Å². The normalized spacial score (nSPS) is 19.2. The number of hydrogen-bond acceptors (Lipinski definition) is 9. The second-order valence-corrected chi connectivity index (χ2v) is 8.97. The van der Waals surface area contributed by atoms with Gasteiger partial charge in [0.15, 0.2) is 17.0 Å². The van der Waals surface area contributed by atoms with Gasteiger partial charge in [0.1, 0.15) is 0 Å². The Labute approximate surface area is 158 Å². The lowest BCUT2D eigenvalue weighted by atomic mass is 10.3. The fraction of sp³-hybridized carbons (Fsp3) is 0.625. The minimum atomic E-state index is -3.21. The van der Waals surface area contributed by atoms with Gasteiger partial charge in [0.2, 0.25) is 16.0 Å². The van der Waals surface area contributed by atoms with E-state index in [4.69, 9.17) is 0 Å². The van der Waals surface area contributed by atoms with Gasteiger partial charge in [-0.15, -0.1) is 0 Å². The summed E-state index contributed by atoms with van der Waals surface area (Å²) in [6, 6.07) is 0. The third-order valence-corrected chi connectivity index (χ3v) is 6.84. The van der Waals surface area contributed by atoms with E-state index >= 15 is 0 Å². The van der Waals surface area contributed by atoms with Crippen molar-refractivity contribution in [1.82, 2.24) is 29.1 Å². The van der Waals surface area contributed by atoms with Crippen LogP contribution in [0.5, 0.6) is 0 Å². The molecule has 0 aromatic carbocycles. The van der Waals surface area contributed by atoms with Crippen molar-refractivity contribution in [3.63, 3.8) is 0 Å². The van der Waals surface area contributed by atoms with Crippen LogP contribution in [0.15, 0.2) is 12.4 Å². The van der Waals surface area contributed by atoms with Gasteiger partial charge in [-0.3, -0.25) is 0 Å². The molecule has 0 unspecified atom stereocenters. The molecule has 11 heteroatoms. The number of nitrogens with zero attached hydrogens (tertiary/aromatic N) is 7. The third kappa shape index (κ3) is 3.94. The van der Waals surface area contributed by atoms with Gasteiger partial charge in [0, 0.05) is 58.2 Å². The van der Waals surface area contributed by atoms with Crippen LogP contribution in [0.2, 0.25) is 0 Å². The van der Waals surface area contributed by atoms with Crippen LogP contribution < -0.4 is 10.2 Å². The van der Waals surface area contributed by atoms with E-state index in [1.807, 2.05) is 0 Å². The third-order valence-electron chi connectivity index (χ3n) is 4.97. The zero-order valence-corrected chi connectivity index (χ0v) is 16.2. The van der Waals surface area contributed by atoms with Crippen molar-refractivity contribution < 1.29 is 8.42 Å². The quantitative estimate of drug-likeness (QED) is 0.704. The average molecular weight is 392 g/mol. The van der Waals surface area contributed by atoms with E-state index in [1.165, 1.54) is 4.31 Å². The van der Waals surface area contributed by atoms with Crippen LogP contribution in [-0.2, 0) is 10.0 Å². The first-order valence-electron chi connectivity index (χ1n) is 9.17. The van der Waals surface area contributed by atoms with E-state index in [2.05, 4.69) is 42.1 Å². The van der Waals surface area contributed by atoms with Gasteiger partial charge in [-0.25, -0.2) is 22.7 Å². The van der Waals surface area contributed by atoms with E-state index in [9.17, 15) is 8.42 Å². The maximum atomic E-state index is 12.2. The molecule has 0 aliphatic carbocycles. The summed E-state index contributed by atoms with van der Waals surface area (Å²) >= 11 is 0. The van der Waals surface area contributed by atoms with Crippen LogP contribution in [0.25, 0.3) is 11.2 Å². The zero-order chi connectivity index (χ0) is 18.9. The Morgan fingerprint density at radius 2 is 1.78 bits per heavy atom. The summed E-state index contributed by atoms with van der Waals surface area (Å²) in [5, 5.41) is 3.14. The first kappa shape index (κ1) is 18.3. The number of sulfonamides is 1. The Morgan fingerprint density at radius 1 is 1.04 bits per heavy atom. The predicted molar refractivity (Wildman–Crippen MR) is 103 cm³/mol. The summed E-state index contributed by atoms with van der Waals surface area (Å²) in [6.45, 7) is 5.08. The number of piperazine rings is 1. The maximum absolute atomic E-state index is 12.2. The number of likely N-dealkylation sites (N-methyl/N-ethyl adjacent to an activating group) is 1. The first-order chi connectivity index (χ1) is 13.0. The predicted octanol–water partition coefficient (Wildman–Crippen LogP) is -0.381. The molecule has 27 heavy (non-hydrogen) atoms. The Kier molecular flexibility index (Phi) is 5.06. The molecule has 2 aliphatic heterocycles. The van der Waals surface area contributed by atoms with Gasteiger partial charge in [-0.05, 0) is 13.5 Å². The molecule has 0 atom stereocenters. The number of fused-ring (bicyclic) bond motifs is 1. The van der Waals surface area contributed by atoms with Gasteiger partial charge in [-0.1, -0.05) is 0 Å². The first-order valence-corrected chi connectivity index (χ1v) is 10.8. The number of nitrogens with one attached hydrogen (secondary N) is 1. The van der Waals surface area contributed by atoms with Crippen LogP contribution in [0, 0.1) is 0 Å². The molecule has 0 amide bonds. The summed E-state index contributed by atoms with van der Waals surface area (Å²) in [5.74, 6) is 1.16. The van der Waals surface area contributed by atoms with E-state index in [1.54, 1.807) is 12.4 Å². The summed E-state index contributed by atoms with van der Waals surface area (Å²) in [7, 11) is -1.12. The Bertz CT molecular complexity index is 910. The molecular weight excluding hydrogens is 368 g/mol. The van der Waals surface area contributed by atoms with Crippen molar-refractivity contribution in [3.8, 4) is 0 Å². The highest BCUT2D eigenvalue weighted by Crippen LogP contribution is 2.21. The van der Waals surface area contributed by atoms with Crippen molar-refractivity contribution in [1.29, 1.82) is 0 Å². The smallest absolute Gasteiger partial charge is 0.229 e. The van der Waals surface area contributed by atoms with Crippen molar-refractivity contribution in [2.24, 2.45) is 0 Å². The topological polar surface area (TPSA) is 107 Å². The van der Waals surface area contributed by atoms with Crippen molar-refractivity contribution in [2.75, 3.05) is 68.8 Å². The Hall–Kier alpha value is -2.11.